The zero-order valence-corrected chi connectivity index (χ0v) is 12.3. The van der Waals surface area contributed by atoms with E-state index in [9.17, 15) is 18.5 Å². The summed E-state index contributed by atoms with van der Waals surface area (Å²) in [7, 11) is -0.504. The van der Waals surface area contributed by atoms with E-state index in [4.69, 9.17) is 0 Å². The Morgan fingerprint density at radius 3 is 2.43 bits per heavy atom. The lowest BCUT2D eigenvalue weighted by atomic mass is 10.3. The van der Waals surface area contributed by atoms with Gasteiger partial charge in [0.25, 0.3) is 5.69 Å². The van der Waals surface area contributed by atoms with Crippen LogP contribution in [0, 0.1) is 10.1 Å². The number of rotatable bonds is 5. The second-order valence-corrected chi connectivity index (χ2v) is 6.58. The van der Waals surface area contributed by atoms with Crippen LogP contribution in [0.15, 0.2) is 41.6 Å². The second-order valence-electron chi connectivity index (χ2n) is 4.53. The average molecular weight is 310 g/mol. The molecule has 0 bridgehead atoms. The van der Waals surface area contributed by atoms with Crippen LogP contribution in [0.5, 0.6) is 0 Å². The van der Waals surface area contributed by atoms with Gasteiger partial charge in [-0.25, -0.2) is 8.42 Å². The molecular weight excluding hydrogens is 296 g/mol. The van der Waals surface area contributed by atoms with Crippen LogP contribution >= 0.6 is 0 Å². The summed E-state index contributed by atoms with van der Waals surface area (Å²) in [6.07, 6.45) is 3.31. The molecule has 1 aromatic carbocycles. The number of non-ortho nitro benzene ring substituents is 1. The Morgan fingerprint density at radius 1 is 1.33 bits per heavy atom. The molecule has 0 atom stereocenters. The van der Waals surface area contributed by atoms with Crippen LogP contribution in [0.4, 0.5) is 5.69 Å². The van der Waals surface area contributed by atoms with Crippen LogP contribution in [-0.2, 0) is 23.6 Å². The number of nitrogens with zero attached hydrogens (tertiary/aromatic N) is 4. The first-order valence-corrected chi connectivity index (χ1v) is 7.43. The normalized spacial score (nSPS) is 11.8. The Labute approximate surface area is 121 Å². The molecule has 2 aromatic rings. The van der Waals surface area contributed by atoms with E-state index in [0.29, 0.717) is 0 Å². The van der Waals surface area contributed by atoms with E-state index < -0.39 is 14.9 Å². The summed E-state index contributed by atoms with van der Waals surface area (Å²) in [5.41, 5.74) is 0.606. The molecule has 1 aromatic heterocycles. The van der Waals surface area contributed by atoms with Gasteiger partial charge in [-0.1, -0.05) is 0 Å². The van der Waals surface area contributed by atoms with Crippen molar-refractivity contribution in [1.29, 1.82) is 0 Å². The molecular formula is C12H14N4O4S. The van der Waals surface area contributed by atoms with Gasteiger partial charge in [-0.15, -0.1) is 0 Å². The molecule has 21 heavy (non-hydrogen) atoms. The Bertz CT molecular complexity index is 752. The third-order valence-electron chi connectivity index (χ3n) is 2.92. The SMILES string of the molecule is CN(Cc1cnn(C)c1)S(=O)(=O)c1ccc([N+](=O)[O-])cc1. The molecule has 0 aliphatic heterocycles. The van der Waals surface area contributed by atoms with Crippen LogP contribution in [0.25, 0.3) is 0 Å². The van der Waals surface area contributed by atoms with E-state index in [0.717, 1.165) is 5.56 Å². The van der Waals surface area contributed by atoms with E-state index >= 15 is 0 Å². The van der Waals surface area contributed by atoms with Crippen LogP contribution in [0.3, 0.4) is 0 Å². The minimum atomic E-state index is -3.70. The van der Waals surface area contributed by atoms with Gasteiger partial charge in [0.05, 0.1) is 16.0 Å². The Balaban J connectivity index is 2.22. The number of hydrogen-bond donors (Lipinski definition) is 0. The Hall–Kier alpha value is -2.26. The molecule has 1 heterocycles. The van der Waals surface area contributed by atoms with Gasteiger partial charge in [-0.05, 0) is 12.1 Å². The first kappa shape index (κ1) is 15.1. The molecule has 0 saturated carbocycles. The number of benzene rings is 1. The fourth-order valence-electron chi connectivity index (χ4n) is 1.82. The predicted molar refractivity (Wildman–Crippen MR) is 75.0 cm³/mol. The summed E-state index contributed by atoms with van der Waals surface area (Å²) < 4.78 is 27.5. The number of nitro groups is 1. The zero-order valence-electron chi connectivity index (χ0n) is 11.5. The first-order valence-electron chi connectivity index (χ1n) is 5.99. The number of sulfonamides is 1. The lowest BCUT2D eigenvalue weighted by Crippen LogP contribution is -2.26. The molecule has 0 saturated heterocycles. The van der Waals surface area contributed by atoms with Crippen LogP contribution < -0.4 is 0 Å². The highest BCUT2D eigenvalue weighted by molar-refractivity contribution is 7.89. The molecule has 0 fully saturated rings. The molecule has 2 rings (SSSR count). The largest absolute Gasteiger partial charge is 0.275 e. The van der Waals surface area contributed by atoms with Gasteiger partial charge >= 0.3 is 0 Å². The summed E-state index contributed by atoms with van der Waals surface area (Å²) in [6, 6.07) is 4.80. The van der Waals surface area contributed by atoms with Crippen molar-refractivity contribution < 1.29 is 13.3 Å². The van der Waals surface area contributed by atoms with E-state index in [1.165, 1.54) is 35.6 Å². The van der Waals surface area contributed by atoms with Crippen molar-refractivity contribution in [3.63, 3.8) is 0 Å². The summed E-state index contributed by atoms with van der Waals surface area (Å²) in [5.74, 6) is 0. The molecule has 0 aliphatic rings. The van der Waals surface area contributed by atoms with Crippen LogP contribution in [0.1, 0.15) is 5.56 Å². The van der Waals surface area contributed by atoms with Gasteiger partial charge in [0.2, 0.25) is 10.0 Å². The zero-order chi connectivity index (χ0) is 15.6. The maximum atomic E-state index is 12.4. The molecule has 0 aliphatic carbocycles. The quantitative estimate of drug-likeness (QED) is 0.609. The second kappa shape index (κ2) is 5.62. The molecule has 8 nitrogen and oxygen atoms in total. The number of aromatic nitrogens is 2. The van der Waals surface area contributed by atoms with Gasteiger partial charge < -0.3 is 0 Å². The van der Waals surface area contributed by atoms with E-state index in [1.54, 1.807) is 24.1 Å². The fourth-order valence-corrected chi connectivity index (χ4v) is 2.97. The van der Waals surface area contributed by atoms with Gasteiger partial charge in [0.1, 0.15) is 0 Å². The highest BCUT2D eigenvalue weighted by Gasteiger charge is 2.22. The van der Waals surface area contributed by atoms with Gasteiger partial charge in [-0.2, -0.15) is 9.40 Å². The third kappa shape index (κ3) is 3.26. The van der Waals surface area contributed by atoms with E-state index in [2.05, 4.69) is 5.10 Å². The van der Waals surface area contributed by atoms with Crippen molar-refractivity contribution in [3.8, 4) is 0 Å². The number of nitro benzene ring substituents is 1. The standard InChI is InChI=1S/C12H14N4O4S/c1-14-8-10(7-13-14)9-15(2)21(19,20)12-5-3-11(4-6-12)16(17)18/h3-8H,9H2,1-2H3. The summed E-state index contributed by atoms with van der Waals surface area (Å²) >= 11 is 0. The highest BCUT2D eigenvalue weighted by atomic mass is 32.2. The smallest absolute Gasteiger partial charge is 0.269 e. The Morgan fingerprint density at radius 2 is 1.95 bits per heavy atom. The molecule has 9 heteroatoms. The van der Waals surface area contributed by atoms with Crippen molar-refractivity contribution in [2.24, 2.45) is 7.05 Å². The highest BCUT2D eigenvalue weighted by Crippen LogP contribution is 2.19. The van der Waals surface area contributed by atoms with Crippen LogP contribution in [0.2, 0.25) is 0 Å². The van der Waals surface area contributed by atoms with Crippen molar-refractivity contribution in [2.45, 2.75) is 11.4 Å². The molecule has 0 radical (unpaired) electrons. The van der Waals surface area contributed by atoms with Crippen molar-refractivity contribution in [2.75, 3.05) is 7.05 Å². The van der Waals surface area contributed by atoms with Crippen molar-refractivity contribution >= 4 is 15.7 Å². The number of hydrogen-bond acceptors (Lipinski definition) is 5. The summed E-state index contributed by atoms with van der Waals surface area (Å²) in [6.45, 7) is 0.174. The maximum absolute atomic E-state index is 12.4. The Kier molecular flexibility index (Phi) is 4.05. The minimum absolute atomic E-state index is 0.0134. The van der Waals surface area contributed by atoms with Crippen molar-refractivity contribution in [1.82, 2.24) is 14.1 Å². The van der Waals surface area contributed by atoms with E-state index in [1.807, 2.05) is 0 Å². The van der Waals surface area contributed by atoms with Crippen LogP contribution in [-0.4, -0.2) is 34.5 Å². The third-order valence-corrected chi connectivity index (χ3v) is 4.74. The maximum Gasteiger partial charge on any atom is 0.269 e. The molecule has 0 amide bonds. The van der Waals surface area contributed by atoms with Crippen molar-refractivity contribution in [3.05, 3.63) is 52.3 Å². The lowest BCUT2D eigenvalue weighted by molar-refractivity contribution is -0.384. The first-order chi connectivity index (χ1) is 9.80. The summed E-state index contributed by atoms with van der Waals surface area (Å²) in [5, 5.41) is 14.6. The number of aryl methyl sites for hydroxylation is 1. The molecule has 0 N–H and O–H groups in total. The monoisotopic (exact) mass is 310 g/mol. The average Bonchev–Trinajstić information content (AvgIpc) is 2.84. The minimum Gasteiger partial charge on any atom is -0.275 e. The van der Waals surface area contributed by atoms with Gasteiger partial charge in [-0.3, -0.25) is 14.8 Å². The van der Waals surface area contributed by atoms with Gasteiger partial charge in [0, 0.05) is 44.5 Å². The van der Waals surface area contributed by atoms with Gasteiger partial charge in [0.15, 0.2) is 0 Å². The summed E-state index contributed by atoms with van der Waals surface area (Å²) in [4.78, 5) is 10.0. The topological polar surface area (TPSA) is 98.3 Å². The van der Waals surface area contributed by atoms with E-state index in [-0.39, 0.29) is 17.1 Å². The molecule has 0 spiro atoms. The molecule has 112 valence electrons. The predicted octanol–water partition coefficient (Wildman–Crippen LogP) is 1.15. The lowest BCUT2D eigenvalue weighted by Gasteiger charge is -2.16. The molecule has 0 unspecified atom stereocenters. The fraction of sp³-hybridized carbons (Fsp3) is 0.250.